The van der Waals surface area contributed by atoms with E-state index in [0.717, 1.165) is 31.5 Å². The van der Waals surface area contributed by atoms with Gasteiger partial charge in [0.25, 0.3) is 0 Å². The smallest absolute Gasteiger partial charge is 0.301 e. The third-order valence-corrected chi connectivity index (χ3v) is 4.42. The van der Waals surface area contributed by atoms with Crippen molar-refractivity contribution in [2.45, 2.75) is 26.7 Å². The maximum Gasteiger partial charge on any atom is 0.301 e. The Hall–Kier alpha value is -1.18. The minimum Gasteiger partial charge on any atom is -0.317 e. The Morgan fingerprint density at radius 1 is 1.35 bits per heavy atom. The summed E-state index contributed by atoms with van der Waals surface area (Å²) in [6, 6.07) is 1.77. The van der Waals surface area contributed by atoms with Gasteiger partial charge in [-0.1, -0.05) is 6.92 Å². The predicted octanol–water partition coefficient (Wildman–Crippen LogP) is 1.37. The van der Waals surface area contributed by atoms with Gasteiger partial charge in [-0.15, -0.1) is 0 Å². The van der Waals surface area contributed by atoms with Crippen LogP contribution in [0, 0.1) is 6.92 Å². The van der Waals surface area contributed by atoms with Gasteiger partial charge in [-0.3, -0.25) is 9.71 Å². The topological polar surface area (TPSA) is 74.3 Å². The van der Waals surface area contributed by atoms with Crippen molar-refractivity contribution in [1.29, 1.82) is 0 Å². The second-order valence-electron chi connectivity index (χ2n) is 4.72. The number of nitrogens with zero attached hydrogens (tertiary/aromatic N) is 2. The maximum atomic E-state index is 12.1. The summed E-state index contributed by atoms with van der Waals surface area (Å²) in [5.74, 6) is 0. The molecular weight excluding hydrogens is 276 g/mol. The molecule has 1 aromatic rings. The summed E-state index contributed by atoms with van der Waals surface area (Å²) in [5, 5.41) is 3.25. The molecule has 0 aliphatic rings. The Bertz CT molecular complexity index is 505. The molecule has 114 valence electrons. The molecule has 0 unspecified atom stereocenters. The molecule has 1 aromatic heterocycles. The average Bonchev–Trinajstić information content (AvgIpc) is 2.40. The van der Waals surface area contributed by atoms with E-state index in [0.29, 0.717) is 12.2 Å². The molecule has 1 heterocycles. The first-order valence-electron chi connectivity index (χ1n) is 6.82. The highest BCUT2D eigenvalue weighted by Gasteiger charge is 2.17. The molecule has 0 aliphatic heterocycles. The van der Waals surface area contributed by atoms with E-state index in [1.165, 1.54) is 10.5 Å². The van der Waals surface area contributed by atoms with E-state index in [1.807, 2.05) is 6.92 Å². The molecular formula is C13H24N4O2S. The number of anilines is 1. The molecule has 0 amide bonds. The van der Waals surface area contributed by atoms with E-state index in [9.17, 15) is 8.42 Å². The van der Waals surface area contributed by atoms with Crippen LogP contribution >= 0.6 is 0 Å². The van der Waals surface area contributed by atoms with Gasteiger partial charge >= 0.3 is 10.2 Å². The first-order chi connectivity index (χ1) is 9.47. The van der Waals surface area contributed by atoms with Gasteiger partial charge in [-0.05, 0) is 44.5 Å². The second kappa shape index (κ2) is 8.18. The van der Waals surface area contributed by atoms with E-state index in [4.69, 9.17) is 0 Å². The van der Waals surface area contributed by atoms with E-state index >= 15 is 0 Å². The molecule has 7 heteroatoms. The lowest BCUT2D eigenvalue weighted by atomic mass is 10.3. The second-order valence-corrected chi connectivity index (χ2v) is 6.50. The molecule has 0 radical (unpaired) electrons. The van der Waals surface area contributed by atoms with Crippen molar-refractivity contribution in [2.75, 3.05) is 31.4 Å². The monoisotopic (exact) mass is 300 g/mol. The molecule has 0 aliphatic carbocycles. The normalized spacial score (nSPS) is 11.8. The van der Waals surface area contributed by atoms with Crippen LogP contribution in [0.2, 0.25) is 0 Å². The summed E-state index contributed by atoms with van der Waals surface area (Å²) in [6.45, 7) is 6.20. The highest BCUT2D eigenvalue weighted by molar-refractivity contribution is 7.90. The molecule has 0 atom stereocenters. The molecule has 0 aromatic carbocycles. The number of hydrogen-bond donors (Lipinski definition) is 2. The van der Waals surface area contributed by atoms with Gasteiger partial charge in [0.15, 0.2) is 0 Å². The number of rotatable bonds is 9. The van der Waals surface area contributed by atoms with Crippen LogP contribution in [-0.4, -0.2) is 44.4 Å². The quantitative estimate of drug-likeness (QED) is 0.676. The van der Waals surface area contributed by atoms with Crippen molar-refractivity contribution < 1.29 is 8.42 Å². The molecule has 6 nitrogen and oxygen atoms in total. The zero-order valence-corrected chi connectivity index (χ0v) is 13.2. The molecule has 0 saturated carbocycles. The van der Waals surface area contributed by atoms with E-state index in [1.54, 1.807) is 19.3 Å². The number of pyridine rings is 1. The van der Waals surface area contributed by atoms with Crippen LogP contribution in [0.3, 0.4) is 0 Å². The van der Waals surface area contributed by atoms with Crippen LogP contribution in [0.5, 0.6) is 0 Å². The van der Waals surface area contributed by atoms with E-state index in [2.05, 4.69) is 21.9 Å². The van der Waals surface area contributed by atoms with Crippen molar-refractivity contribution in [1.82, 2.24) is 14.6 Å². The Balaban J connectivity index is 2.49. The third kappa shape index (κ3) is 5.44. The molecule has 0 fully saturated rings. The first kappa shape index (κ1) is 16.9. The van der Waals surface area contributed by atoms with Gasteiger partial charge < -0.3 is 5.32 Å². The fourth-order valence-corrected chi connectivity index (χ4v) is 2.65. The Morgan fingerprint density at radius 2 is 2.10 bits per heavy atom. The molecule has 0 saturated heterocycles. The fourth-order valence-electron chi connectivity index (χ4n) is 1.64. The Morgan fingerprint density at radius 3 is 2.75 bits per heavy atom. The molecule has 1 rings (SSSR count). The number of hydrogen-bond acceptors (Lipinski definition) is 4. The van der Waals surface area contributed by atoms with Gasteiger partial charge in [0.1, 0.15) is 0 Å². The number of aromatic nitrogens is 1. The highest BCUT2D eigenvalue weighted by Crippen LogP contribution is 2.14. The van der Waals surface area contributed by atoms with Crippen LogP contribution in [0.1, 0.15) is 25.3 Å². The summed E-state index contributed by atoms with van der Waals surface area (Å²) in [4.78, 5) is 3.93. The van der Waals surface area contributed by atoms with Crippen LogP contribution in [0.4, 0.5) is 5.69 Å². The number of nitrogens with one attached hydrogen (secondary N) is 2. The zero-order valence-electron chi connectivity index (χ0n) is 12.4. The molecule has 0 bridgehead atoms. The third-order valence-electron chi connectivity index (χ3n) is 2.94. The lowest BCUT2D eigenvalue weighted by Gasteiger charge is -2.19. The van der Waals surface area contributed by atoms with Crippen molar-refractivity contribution in [3.05, 3.63) is 24.0 Å². The SMILES string of the molecule is CCCNCCCN(C)S(=O)(=O)Nc1cnccc1C. The minimum atomic E-state index is -3.51. The summed E-state index contributed by atoms with van der Waals surface area (Å²) in [6.07, 6.45) is 5.01. The van der Waals surface area contributed by atoms with E-state index < -0.39 is 10.2 Å². The van der Waals surface area contributed by atoms with Crippen molar-refractivity contribution in [3.63, 3.8) is 0 Å². The standard InChI is InChI=1S/C13H24N4O2S/c1-4-7-14-8-5-10-17(3)20(18,19)16-13-11-15-9-6-12(13)2/h6,9,11,14,16H,4-5,7-8,10H2,1-3H3. The van der Waals surface area contributed by atoms with Gasteiger partial charge in [-0.2, -0.15) is 12.7 Å². The lowest BCUT2D eigenvalue weighted by Crippen LogP contribution is -2.34. The van der Waals surface area contributed by atoms with Gasteiger partial charge in [-0.25, -0.2) is 0 Å². The van der Waals surface area contributed by atoms with Gasteiger partial charge in [0, 0.05) is 19.8 Å². The van der Waals surface area contributed by atoms with Gasteiger partial charge in [0.2, 0.25) is 0 Å². The highest BCUT2D eigenvalue weighted by atomic mass is 32.2. The summed E-state index contributed by atoms with van der Waals surface area (Å²) in [5.41, 5.74) is 1.37. The Labute approximate surface area is 121 Å². The molecule has 20 heavy (non-hydrogen) atoms. The lowest BCUT2D eigenvalue weighted by molar-refractivity contribution is 0.458. The van der Waals surface area contributed by atoms with Crippen molar-refractivity contribution >= 4 is 15.9 Å². The first-order valence-corrected chi connectivity index (χ1v) is 8.26. The van der Waals surface area contributed by atoms with E-state index in [-0.39, 0.29) is 0 Å². The Kier molecular flexibility index (Phi) is 6.90. The predicted molar refractivity (Wildman–Crippen MR) is 81.9 cm³/mol. The largest absolute Gasteiger partial charge is 0.317 e. The summed E-state index contributed by atoms with van der Waals surface area (Å²) < 4.78 is 28.2. The van der Waals surface area contributed by atoms with Crippen LogP contribution < -0.4 is 10.0 Å². The summed E-state index contributed by atoms with van der Waals surface area (Å²) in [7, 11) is -1.94. The number of aryl methyl sites for hydroxylation is 1. The minimum absolute atomic E-state index is 0.478. The zero-order chi connectivity index (χ0) is 15.0. The fraction of sp³-hybridized carbons (Fsp3) is 0.615. The van der Waals surface area contributed by atoms with Gasteiger partial charge in [0.05, 0.1) is 11.9 Å². The summed E-state index contributed by atoms with van der Waals surface area (Å²) >= 11 is 0. The van der Waals surface area contributed by atoms with Crippen LogP contribution in [0.15, 0.2) is 18.5 Å². The molecule has 0 spiro atoms. The van der Waals surface area contributed by atoms with Crippen molar-refractivity contribution in [3.8, 4) is 0 Å². The van der Waals surface area contributed by atoms with Crippen LogP contribution in [-0.2, 0) is 10.2 Å². The van der Waals surface area contributed by atoms with Crippen LogP contribution in [0.25, 0.3) is 0 Å². The maximum absolute atomic E-state index is 12.1. The average molecular weight is 300 g/mol. The molecule has 2 N–H and O–H groups in total. The van der Waals surface area contributed by atoms with Crippen molar-refractivity contribution in [2.24, 2.45) is 0 Å².